The molecule has 21 heavy (non-hydrogen) atoms. The third-order valence-electron chi connectivity index (χ3n) is 2.81. The smallest absolute Gasteiger partial charge is 0.274 e. The Morgan fingerprint density at radius 3 is 2.38 bits per heavy atom. The van der Waals surface area contributed by atoms with Crippen LogP contribution >= 0.6 is 11.6 Å². The molecule has 0 fully saturated rings. The molecule has 2 aromatic rings. The van der Waals surface area contributed by atoms with Gasteiger partial charge in [0.1, 0.15) is 11.5 Å². The van der Waals surface area contributed by atoms with Crippen molar-refractivity contribution in [3.63, 3.8) is 0 Å². The summed E-state index contributed by atoms with van der Waals surface area (Å²) in [6, 6.07) is 10.7. The summed E-state index contributed by atoms with van der Waals surface area (Å²) in [6.07, 6.45) is 1.43. The summed E-state index contributed by atoms with van der Waals surface area (Å²) in [6.45, 7) is 0.768. The number of hydrogen-bond donors (Lipinski definition) is 0. The Bertz CT molecular complexity index is 684. The third kappa shape index (κ3) is 3.80. The highest BCUT2D eigenvalue weighted by molar-refractivity contribution is 7.84. The predicted molar refractivity (Wildman–Crippen MR) is 79.9 cm³/mol. The van der Waals surface area contributed by atoms with Gasteiger partial charge in [-0.3, -0.25) is 4.21 Å². The second kappa shape index (κ2) is 6.12. The molecule has 2 nitrogen and oxygen atoms in total. The Morgan fingerprint density at radius 1 is 1.14 bits per heavy atom. The number of halogens is 3. The van der Waals surface area contributed by atoms with Crippen molar-refractivity contribution in [2.75, 3.05) is 6.26 Å². The maximum atomic E-state index is 13.7. The van der Waals surface area contributed by atoms with E-state index in [-0.39, 0.29) is 17.1 Å². The van der Waals surface area contributed by atoms with E-state index < -0.39 is 16.7 Å². The Morgan fingerprint density at radius 2 is 1.81 bits per heavy atom. The van der Waals surface area contributed by atoms with Crippen LogP contribution in [0.2, 0.25) is 5.02 Å². The zero-order valence-corrected chi connectivity index (χ0v) is 13.0. The van der Waals surface area contributed by atoms with Gasteiger partial charge in [0.15, 0.2) is 0 Å². The lowest BCUT2D eigenvalue weighted by molar-refractivity contribution is 0.0153. The first-order valence-corrected chi connectivity index (χ1v) is 8.01. The summed E-state index contributed by atoms with van der Waals surface area (Å²) in [5.74, 6) is -2.84. The van der Waals surface area contributed by atoms with Crippen LogP contribution in [0.5, 0.6) is 11.5 Å². The molecule has 2 rings (SSSR count). The topological polar surface area (TPSA) is 26.3 Å². The van der Waals surface area contributed by atoms with Crippen LogP contribution < -0.4 is 4.74 Å². The lowest BCUT2D eigenvalue weighted by Gasteiger charge is -2.17. The molecule has 0 aliphatic rings. The van der Waals surface area contributed by atoms with Crippen molar-refractivity contribution in [3.05, 3.63) is 53.1 Å². The maximum Gasteiger partial charge on any atom is 0.274 e. The van der Waals surface area contributed by atoms with Crippen LogP contribution in [0.3, 0.4) is 0 Å². The molecule has 6 heteroatoms. The van der Waals surface area contributed by atoms with Gasteiger partial charge in [-0.2, -0.15) is 0 Å². The summed E-state index contributed by atoms with van der Waals surface area (Å²) in [4.78, 5) is 0.318. The van der Waals surface area contributed by atoms with Gasteiger partial charge in [0.25, 0.3) is 5.92 Å². The predicted octanol–water partition coefficient (Wildman–Crippen LogP) is 4.98. The number of alkyl halides is 2. The Balaban J connectivity index is 2.48. The molecule has 0 aliphatic carbocycles. The largest absolute Gasteiger partial charge is 0.455 e. The number of rotatable bonds is 4. The fraction of sp³-hybridized carbons (Fsp3) is 0.200. The minimum atomic E-state index is -3.12. The first-order chi connectivity index (χ1) is 9.79. The Kier molecular flexibility index (Phi) is 4.64. The molecular weight excluding hydrogens is 318 g/mol. The highest BCUT2D eigenvalue weighted by atomic mass is 35.5. The molecule has 0 bridgehead atoms. The van der Waals surface area contributed by atoms with Crippen molar-refractivity contribution < 1.29 is 17.7 Å². The molecule has 0 radical (unpaired) electrons. The van der Waals surface area contributed by atoms with Gasteiger partial charge in [0.05, 0.1) is 10.6 Å². The molecule has 1 unspecified atom stereocenters. The van der Waals surface area contributed by atoms with Crippen molar-refractivity contribution >= 4 is 22.4 Å². The van der Waals surface area contributed by atoms with E-state index in [2.05, 4.69) is 0 Å². The monoisotopic (exact) mass is 330 g/mol. The van der Waals surface area contributed by atoms with E-state index in [4.69, 9.17) is 16.3 Å². The summed E-state index contributed by atoms with van der Waals surface area (Å²) < 4.78 is 44.4. The van der Waals surface area contributed by atoms with Gasteiger partial charge < -0.3 is 4.74 Å². The average Bonchev–Trinajstić information content (AvgIpc) is 2.40. The normalized spacial score (nSPS) is 13.0. The molecule has 0 spiro atoms. The van der Waals surface area contributed by atoms with Gasteiger partial charge in [0.2, 0.25) is 0 Å². The zero-order valence-electron chi connectivity index (χ0n) is 11.4. The van der Waals surface area contributed by atoms with Crippen LogP contribution in [0, 0.1) is 0 Å². The van der Waals surface area contributed by atoms with Crippen molar-refractivity contribution in [3.8, 4) is 11.5 Å². The first-order valence-electron chi connectivity index (χ1n) is 6.07. The molecule has 0 N–H and O–H groups in total. The second-order valence-corrected chi connectivity index (χ2v) is 6.32. The van der Waals surface area contributed by atoms with Crippen LogP contribution in [-0.2, 0) is 16.7 Å². The van der Waals surface area contributed by atoms with Crippen molar-refractivity contribution in [2.45, 2.75) is 17.7 Å². The van der Waals surface area contributed by atoms with Gasteiger partial charge in [-0.25, -0.2) is 8.78 Å². The van der Waals surface area contributed by atoms with Crippen LogP contribution in [0.15, 0.2) is 47.4 Å². The van der Waals surface area contributed by atoms with Gasteiger partial charge in [-0.15, -0.1) is 0 Å². The summed E-state index contributed by atoms with van der Waals surface area (Å²) in [5, 5.41) is 0.325. The van der Waals surface area contributed by atoms with Crippen LogP contribution in [-0.4, -0.2) is 10.5 Å². The Labute approximate surface area is 129 Å². The number of benzene rings is 2. The average molecular weight is 331 g/mol. The first kappa shape index (κ1) is 15.9. The van der Waals surface area contributed by atoms with E-state index in [1.807, 2.05) is 0 Å². The fourth-order valence-electron chi connectivity index (χ4n) is 1.77. The second-order valence-electron chi connectivity index (χ2n) is 4.53. The van der Waals surface area contributed by atoms with E-state index in [0.717, 1.165) is 6.92 Å². The number of hydrogen-bond acceptors (Lipinski definition) is 2. The highest BCUT2D eigenvalue weighted by Gasteiger charge is 2.29. The molecule has 1 atom stereocenters. The molecule has 0 saturated carbocycles. The van der Waals surface area contributed by atoms with E-state index >= 15 is 0 Å². The van der Waals surface area contributed by atoms with Crippen LogP contribution in [0.4, 0.5) is 8.78 Å². The van der Waals surface area contributed by atoms with Crippen molar-refractivity contribution in [1.82, 2.24) is 0 Å². The van der Waals surface area contributed by atoms with Gasteiger partial charge in [-0.1, -0.05) is 23.7 Å². The van der Waals surface area contributed by atoms with Crippen LogP contribution in [0.1, 0.15) is 12.5 Å². The lowest BCUT2D eigenvalue weighted by atomic mass is 10.1. The summed E-state index contributed by atoms with van der Waals surface area (Å²) in [7, 11) is -1.35. The quantitative estimate of drug-likeness (QED) is 0.790. The molecule has 0 aromatic heterocycles. The van der Waals surface area contributed by atoms with Gasteiger partial charge >= 0.3 is 0 Å². The van der Waals surface area contributed by atoms with Crippen molar-refractivity contribution in [1.29, 1.82) is 0 Å². The molecule has 112 valence electrons. The Hall–Kier alpha value is -1.46. The van der Waals surface area contributed by atoms with Gasteiger partial charge in [0, 0.05) is 28.9 Å². The van der Waals surface area contributed by atoms with Crippen molar-refractivity contribution in [2.24, 2.45) is 0 Å². The maximum absolute atomic E-state index is 13.7. The number of para-hydroxylation sites is 1. The number of ether oxygens (including phenoxy) is 1. The third-order valence-corrected chi connectivity index (χ3v) is 4.04. The zero-order chi connectivity index (χ0) is 15.6. The fourth-order valence-corrected chi connectivity index (χ4v) is 2.48. The molecule has 2 aromatic carbocycles. The molecule has 0 aliphatic heterocycles. The summed E-state index contributed by atoms with van der Waals surface area (Å²) >= 11 is 5.96. The highest BCUT2D eigenvalue weighted by Crippen LogP contribution is 2.39. The van der Waals surface area contributed by atoms with E-state index in [1.165, 1.54) is 24.5 Å². The lowest BCUT2D eigenvalue weighted by Crippen LogP contribution is -2.10. The molecule has 0 amide bonds. The van der Waals surface area contributed by atoms with E-state index in [1.54, 1.807) is 24.3 Å². The molecule has 0 heterocycles. The standard InChI is InChI=1S/C15H13ClF2O2S/c1-15(17,18)11-9-10(21(2)19)7-8-13(11)20-14-6-4-3-5-12(14)16/h3-9H,1-2H3. The van der Waals surface area contributed by atoms with Crippen LogP contribution in [0.25, 0.3) is 0 Å². The van der Waals surface area contributed by atoms with E-state index in [9.17, 15) is 13.0 Å². The van der Waals surface area contributed by atoms with Gasteiger partial charge in [-0.05, 0) is 30.3 Å². The molecule has 0 saturated heterocycles. The minimum Gasteiger partial charge on any atom is -0.455 e. The summed E-state index contributed by atoms with van der Waals surface area (Å²) in [5.41, 5.74) is -0.324. The molecular formula is C15H13ClF2O2S. The minimum absolute atomic E-state index is 0.00944. The SMILES string of the molecule is CS(=O)c1ccc(Oc2ccccc2Cl)c(C(C)(F)F)c1. The van der Waals surface area contributed by atoms with E-state index in [0.29, 0.717) is 9.92 Å².